The molecule has 0 aliphatic rings. The van der Waals surface area contributed by atoms with E-state index in [0.29, 0.717) is 5.56 Å². The quantitative estimate of drug-likeness (QED) is 0.770. The van der Waals surface area contributed by atoms with E-state index >= 15 is 0 Å². The van der Waals surface area contributed by atoms with E-state index in [1.54, 1.807) is 12.3 Å². The van der Waals surface area contributed by atoms with E-state index in [9.17, 15) is 9.90 Å². The number of carbonyl (C=O) groups excluding carboxylic acids is 1. The Kier molecular flexibility index (Phi) is 7.15. The van der Waals surface area contributed by atoms with Gasteiger partial charge in [0.1, 0.15) is 5.82 Å². The first-order chi connectivity index (χ1) is 10.0. The van der Waals surface area contributed by atoms with Crippen molar-refractivity contribution in [1.29, 1.82) is 0 Å². The smallest absolute Gasteiger partial charge is 0.252 e. The molecule has 0 saturated carbocycles. The number of nitrogens with zero attached hydrogens (tertiary/aromatic N) is 2. The molecule has 0 spiro atoms. The van der Waals surface area contributed by atoms with Crippen molar-refractivity contribution in [3.8, 4) is 0 Å². The molecule has 0 radical (unpaired) electrons. The van der Waals surface area contributed by atoms with E-state index in [4.69, 9.17) is 0 Å². The molecule has 5 nitrogen and oxygen atoms in total. The highest BCUT2D eigenvalue weighted by Gasteiger charge is 2.14. The topological polar surface area (TPSA) is 65.5 Å². The van der Waals surface area contributed by atoms with Crippen LogP contribution in [0.2, 0.25) is 0 Å². The Morgan fingerprint density at radius 2 is 2.00 bits per heavy atom. The van der Waals surface area contributed by atoms with Crippen molar-refractivity contribution < 1.29 is 9.90 Å². The van der Waals surface area contributed by atoms with E-state index in [-0.39, 0.29) is 18.4 Å². The highest BCUT2D eigenvalue weighted by atomic mass is 16.3. The number of amides is 1. The molecule has 0 aromatic carbocycles. The Labute approximate surface area is 127 Å². The van der Waals surface area contributed by atoms with E-state index in [1.807, 2.05) is 19.9 Å². The van der Waals surface area contributed by atoms with Crippen LogP contribution in [0.5, 0.6) is 0 Å². The third-order valence-electron chi connectivity index (χ3n) is 3.87. The first-order valence-corrected chi connectivity index (χ1v) is 7.70. The van der Waals surface area contributed by atoms with Gasteiger partial charge in [-0.2, -0.15) is 0 Å². The summed E-state index contributed by atoms with van der Waals surface area (Å²) in [6, 6.07) is 3.62. The molecule has 0 saturated heterocycles. The molecule has 1 aromatic heterocycles. The predicted octanol–water partition coefficient (Wildman–Crippen LogP) is 2.06. The maximum absolute atomic E-state index is 12.0. The van der Waals surface area contributed by atoms with Crippen molar-refractivity contribution in [2.45, 2.75) is 40.2 Å². The Balaban J connectivity index is 2.59. The second-order valence-electron chi connectivity index (χ2n) is 5.24. The third kappa shape index (κ3) is 5.01. The van der Waals surface area contributed by atoms with E-state index < -0.39 is 6.10 Å². The summed E-state index contributed by atoms with van der Waals surface area (Å²) in [6.45, 7) is 10.2. The van der Waals surface area contributed by atoms with Gasteiger partial charge in [0, 0.05) is 25.8 Å². The number of hydrogen-bond donors (Lipinski definition) is 2. The zero-order valence-corrected chi connectivity index (χ0v) is 13.5. The van der Waals surface area contributed by atoms with Gasteiger partial charge in [0.2, 0.25) is 0 Å². The molecule has 0 aliphatic carbocycles. The van der Waals surface area contributed by atoms with Gasteiger partial charge in [0.05, 0.1) is 11.7 Å². The lowest BCUT2D eigenvalue weighted by molar-refractivity contribution is 0.0850. The Morgan fingerprint density at radius 3 is 2.48 bits per heavy atom. The van der Waals surface area contributed by atoms with Gasteiger partial charge in [-0.25, -0.2) is 4.98 Å². The zero-order chi connectivity index (χ0) is 15.8. The van der Waals surface area contributed by atoms with Crippen LogP contribution in [0.25, 0.3) is 0 Å². The fourth-order valence-corrected chi connectivity index (χ4v) is 2.03. The maximum Gasteiger partial charge on any atom is 0.252 e. The van der Waals surface area contributed by atoms with E-state index in [2.05, 4.69) is 29.0 Å². The number of aliphatic hydroxyl groups excluding tert-OH is 1. The number of aromatic nitrogens is 1. The molecule has 21 heavy (non-hydrogen) atoms. The van der Waals surface area contributed by atoms with Crippen LogP contribution in [-0.2, 0) is 0 Å². The molecule has 118 valence electrons. The molecule has 5 heteroatoms. The van der Waals surface area contributed by atoms with Crippen LogP contribution in [0.15, 0.2) is 18.3 Å². The summed E-state index contributed by atoms with van der Waals surface area (Å²) in [5.41, 5.74) is 0.516. The summed E-state index contributed by atoms with van der Waals surface area (Å²) in [5, 5.41) is 12.6. The highest BCUT2D eigenvalue weighted by Crippen LogP contribution is 2.11. The molecule has 1 aromatic rings. The minimum Gasteiger partial charge on any atom is -0.391 e. The van der Waals surface area contributed by atoms with Crippen LogP contribution >= 0.6 is 0 Å². The second-order valence-corrected chi connectivity index (χ2v) is 5.24. The summed E-state index contributed by atoms with van der Waals surface area (Å²) in [7, 11) is 0. The van der Waals surface area contributed by atoms with Crippen molar-refractivity contribution in [2.75, 3.05) is 24.5 Å². The Morgan fingerprint density at radius 1 is 1.33 bits per heavy atom. The minimum absolute atomic E-state index is 0.175. The van der Waals surface area contributed by atoms with Crippen LogP contribution in [-0.4, -0.2) is 41.7 Å². The average molecular weight is 293 g/mol. The average Bonchev–Trinajstić information content (AvgIpc) is 2.53. The number of nitrogens with one attached hydrogen (secondary N) is 1. The SMILES string of the molecule is CCC(C)C(O)CNC(=O)c1ccc(N(CC)CC)nc1. The van der Waals surface area contributed by atoms with Gasteiger partial charge in [0.15, 0.2) is 0 Å². The summed E-state index contributed by atoms with van der Waals surface area (Å²) >= 11 is 0. The largest absolute Gasteiger partial charge is 0.391 e. The Hall–Kier alpha value is -1.62. The van der Waals surface area contributed by atoms with Crippen molar-refractivity contribution in [3.63, 3.8) is 0 Å². The van der Waals surface area contributed by atoms with Crippen molar-refractivity contribution in [1.82, 2.24) is 10.3 Å². The molecule has 1 rings (SSSR count). The van der Waals surface area contributed by atoms with Gasteiger partial charge in [-0.1, -0.05) is 20.3 Å². The summed E-state index contributed by atoms with van der Waals surface area (Å²) < 4.78 is 0. The van der Waals surface area contributed by atoms with Gasteiger partial charge in [-0.3, -0.25) is 4.79 Å². The fraction of sp³-hybridized carbons (Fsp3) is 0.625. The van der Waals surface area contributed by atoms with Crippen molar-refractivity contribution in [2.24, 2.45) is 5.92 Å². The molecule has 0 bridgehead atoms. The van der Waals surface area contributed by atoms with E-state index in [1.165, 1.54) is 0 Å². The first-order valence-electron chi connectivity index (χ1n) is 7.70. The van der Waals surface area contributed by atoms with Crippen molar-refractivity contribution in [3.05, 3.63) is 23.9 Å². The molecule has 2 unspecified atom stereocenters. The van der Waals surface area contributed by atoms with E-state index in [0.717, 1.165) is 25.3 Å². The summed E-state index contributed by atoms with van der Waals surface area (Å²) in [5.74, 6) is 0.848. The lowest BCUT2D eigenvalue weighted by Crippen LogP contribution is -2.35. The molecule has 1 heterocycles. The molecule has 2 atom stereocenters. The molecule has 0 fully saturated rings. The third-order valence-corrected chi connectivity index (χ3v) is 3.87. The second kappa shape index (κ2) is 8.62. The van der Waals surface area contributed by atoms with Gasteiger partial charge >= 0.3 is 0 Å². The van der Waals surface area contributed by atoms with Gasteiger partial charge < -0.3 is 15.3 Å². The summed E-state index contributed by atoms with van der Waals surface area (Å²) in [4.78, 5) is 18.4. The van der Waals surface area contributed by atoms with Crippen molar-refractivity contribution >= 4 is 11.7 Å². The number of rotatable bonds is 8. The predicted molar refractivity (Wildman–Crippen MR) is 85.6 cm³/mol. The van der Waals surface area contributed by atoms with Crippen LogP contribution in [0, 0.1) is 5.92 Å². The van der Waals surface area contributed by atoms with Crippen LogP contribution in [0.4, 0.5) is 5.82 Å². The summed E-state index contributed by atoms with van der Waals surface area (Å²) in [6.07, 6.45) is 1.96. The molecular weight excluding hydrogens is 266 g/mol. The monoisotopic (exact) mass is 293 g/mol. The first kappa shape index (κ1) is 17.4. The minimum atomic E-state index is -0.512. The number of carbonyl (C=O) groups is 1. The van der Waals surface area contributed by atoms with Crippen LogP contribution in [0.1, 0.15) is 44.5 Å². The lowest BCUT2D eigenvalue weighted by atomic mass is 10.0. The number of hydrogen-bond acceptors (Lipinski definition) is 4. The lowest BCUT2D eigenvalue weighted by Gasteiger charge is -2.20. The van der Waals surface area contributed by atoms with Crippen LogP contribution in [0.3, 0.4) is 0 Å². The molecule has 1 amide bonds. The molecule has 0 aliphatic heterocycles. The van der Waals surface area contributed by atoms with Gasteiger partial charge in [-0.15, -0.1) is 0 Å². The van der Waals surface area contributed by atoms with Crippen LogP contribution < -0.4 is 10.2 Å². The normalized spacial score (nSPS) is 13.6. The Bertz CT molecular complexity index is 430. The number of pyridine rings is 1. The zero-order valence-electron chi connectivity index (χ0n) is 13.5. The molecule has 2 N–H and O–H groups in total. The number of aliphatic hydroxyl groups is 1. The maximum atomic E-state index is 12.0. The van der Waals surface area contributed by atoms with Gasteiger partial charge in [-0.05, 0) is 31.9 Å². The fourth-order valence-electron chi connectivity index (χ4n) is 2.03. The molecular formula is C16H27N3O2. The number of anilines is 1. The standard InChI is InChI=1S/C16H27N3O2/c1-5-12(4)14(20)11-18-16(21)13-8-9-15(17-10-13)19(6-2)7-3/h8-10,12,14,20H,5-7,11H2,1-4H3,(H,18,21). The highest BCUT2D eigenvalue weighted by molar-refractivity contribution is 5.94. The van der Waals surface area contributed by atoms with Gasteiger partial charge in [0.25, 0.3) is 5.91 Å².